The van der Waals surface area contributed by atoms with Gasteiger partial charge in [0, 0.05) is 57.3 Å². The molecule has 0 N–H and O–H groups in total. The van der Waals surface area contributed by atoms with Gasteiger partial charge in [-0.2, -0.15) is 1.33 Å². The summed E-state index contributed by atoms with van der Waals surface area (Å²) in [6.45, 7) is 1.81. The van der Waals surface area contributed by atoms with Gasteiger partial charge in [-0.3, -0.25) is 0 Å². The van der Waals surface area contributed by atoms with Gasteiger partial charge in [-0.05, 0) is 17.7 Å². The van der Waals surface area contributed by atoms with Gasteiger partial charge >= 0.3 is 106 Å². The summed E-state index contributed by atoms with van der Waals surface area (Å²) in [5.41, 5.74) is 2.52. The minimum atomic E-state index is 0.794. The zero-order valence-corrected chi connectivity index (χ0v) is 22.2. The van der Waals surface area contributed by atoms with E-state index in [4.69, 9.17) is 16.3 Å². The molecule has 0 radical (unpaired) electrons. The predicted molar refractivity (Wildman–Crippen MR) is 124 cm³/mol. The number of methoxy groups -OCH3 is 1. The molecule has 0 amide bonds. The molecule has 1 heterocycles. The van der Waals surface area contributed by atoms with Crippen LogP contribution < -0.4 is 4.74 Å². The molecule has 0 aliphatic heterocycles. The van der Waals surface area contributed by atoms with Gasteiger partial charge < -0.3 is 0 Å². The van der Waals surface area contributed by atoms with Gasteiger partial charge in [0.25, 0.3) is 0 Å². The fraction of sp³-hybridized carbons (Fsp3) is 0.211. The number of nitrogens with zero attached hydrogens (tertiary/aromatic N) is 3. The van der Waals surface area contributed by atoms with Crippen LogP contribution >= 0.6 is 57.3 Å². The Morgan fingerprint density at radius 2 is 1.78 bits per heavy atom. The Morgan fingerprint density at radius 3 is 2.33 bits per heavy atom. The van der Waals surface area contributed by atoms with Crippen LogP contribution in [0.25, 0.3) is 0 Å². The summed E-state index contributed by atoms with van der Waals surface area (Å²) in [5, 5.41) is 0.794. The van der Waals surface area contributed by atoms with Gasteiger partial charge in [-0.1, -0.05) is 23.7 Å². The molecule has 0 spiro atoms. The Balaban J connectivity index is 0.000000208. The topological polar surface area (TPSA) is 22.3 Å². The van der Waals surface area contributed by atoms with Crippen LogP contribution in [0.1, 0.15) is 11.1 Å². The molecule has 0 unspecified atom stereocenters. The number of hydrogen-bond donors (Lipinski definition) is 0. The second kappa shape index (κ2) is 11.8. The number of aromatic nitrogens is 2. The molecule has 4 nitrogen and oxygen atoms in total. The first kappa shape index (κ1) is 23.1. The van der Waals surface area contributed by atoms with E-state index in [1.807, 2.05) is 43.4 Å². The average Bonchev–Trinajstić information content (AvgIpc) is 2.96. The monoisotopic (exact) mass is 790 g/mol. The van der Waals surface area contributed by atoms with Crippen LogP contribution in [-0.2, 0) is 39.5 Å². The first-order valence-corrected chi connectivity index (χ1v) is 11.5. The minimum Gasteiger partial charge on any atom is -0.184 e. The standard InChI is InChI=1S/C12H14N2O.C7H6ClI2N.Pt/c1-13-6-7-14(10-13)9-11-4-3-5-12(8-11)15-2;8-7-3-1-6(2-4-7)5-11(9)10;/h3-8H,9H2,1-2H3;1-4H,5H2;. The maximum absolute atomic E-state index is 5.73. The summed E-state index contributed by atoms with van der Waals surface area (Å²) in [5.74, 6) is 0.907. The molecule has 0 bridgehead atoms. The van der Waals surface area contributed by atoms with E-state index in [1.165, 1.54) is 14.9 Å². The van der Waals surface area contributed by atoms with Gasteiger partial charge in [0.15, 0.2) is 0 Å². The van der Waals surface area contributed by atoms with E-state index in [9.17, 15) is 0 Å². The quantitative estimate of drug-likeness (QED) is 0.241. The van der Waals surface area contributed by atoms with Crippen LogP contribution in [0.4, 0.5) is 0 Å². The van der Waals surface area contributed by atoms with Crippen LogP contribution in [-0.4, -0.2) is 17.6 Å². The molecule has 3 aromatic rings. The Morgan fingerprint density at radius 1 is 1.07 bits per heavy atom. The number of benzene rings is 2. The van der Waals surface area contributed by atoms with E-state index in [2.05, 4.69) is 100 Å². The van der Waals surface area contributed by atoms with Gasteiger partial charge in [-0.15, -0.1) is 0 Å². The summed E-state index contributed by atoms with van der Waals surface area (Å²) in [4.78, 5) is 0. The number of rotatable bonds is 5. The largest absolute Gasteiger partial charge is 0.184 e. The van der Waals surface area contributed by atoms with Crippen molar-refractivity contribution in [2.45, 2.75) is 13.1 Å². The van der Waals surface area contributed by atoms with Crippen LogP contribution in [0.3, 0.4) is 0 Å². The van der Waals surface area contributed by atoms with Crippen LogP contribution in [0.2, 0.25) is 5.02 Å². The van der Waals surface area contributed by atoms with Gasteiger partial charge in [-0.25, -0.2) is 0 Å². The van der Waals surface area contributed by atoms with Gasteiger partial charge in [0.1, 0.15) is 0 Å². The zero-order valence-electron chi connectivity index (χ0n) is 14.9. The second-order valence-electron chi connectivity index (χ2n) is 5.72. The van der Waals surface area contributed by atoms with Gasteiger partial charge in [0.05, 0.1) is 0 Å². The summed E-state index contributed by atoms with van der Waals surface area (Å²) < 4.78 is 12.8. The molecule has 0 saturated heterocycles. The number of imidazole rings is 1. The maximum Gasteiger partial charge on any atom is 0.0435 e. The fourth-order valence-electron chi connectivity index (χ4n) is 2.31. The molecule has 1 aromatic heterocycles. The molecule has 3 rings (SSSR count). The SMILES string of the molecule is COc1cccc(Cn2ccn(C)[c]2=[Pt])c1.Clc1ccc(CN(I)I)cc1. The fourth-order valence-corrected chi connectivity index (χ4v) is 3.74. The molecule has 0 aliphatic carbocycles. The van der Waals surface area contributed by atoms with E-state index in [0.717, 1.165) is 23.9 Å². The van der Waals surface area contributed by atoms with Crippen molar-refractivity contribution in [1.82, 2.24) is 10.5 Å². The van der Waals surface area contributed by atoms with Crippen LogP contribution in [0, 0.1) is 3.80 Å². The van der Waals surface area contributed by atoms with Crippen molar-refractivity contribution < 1.29 is 24.1 Å². The third-order valence-corrected chi connectivity index (χ3v) is 6.05. The van der Waals surface area contributed by atoms with Crippen molar-refractivity contribution in [3.8, 4) is 5.75 Å². The van der Waals surface area contributed by atoms with E-state index in [1.54, 1.807) is 7.11 Å². The van der Waals surface area contributed by atoms with Crippen molar-refractivity contribution in [3.05, 3.63) is 80.9 Å². The van der Waals surface area contributed by atoms with Crippen molar-refractivity contribution in [2.24, 2.45) is 7.05 Å². The smallest absolute Gasteiger partial charge is 0.0435 e. The number of aryl methyl sites for hydroxylation is 1. The predicted octanol–water partition coefficient (Wildman–Crippen LogP) is 5.80. The third kappa shape index (κ3) is 8.01. The van der Waals surface area contributed by atoms with Crippen molar-refractivity contribution in [2.75, 3.05) is 7.11 Å². The molecule has 27 heavy (non-hydrogen) atoms. The molecular formula is C19H20ClI2N3OPt. The summed E-state index contributed by atoms with van der Waals surface area (Å²) >= 11 is 12.5. The number of halogens is 3. The molecule has 2 aromatic carbocycles. The maximum atomic E-state index is 5.73. The molecule has 0 atom stereocenters. The van der Waals surface area contributed by atoms with E-state index < -0.39 is 0 Å². The van der Waals surface area contributed by atoms with E-state index in [0.29, 0.717) is 0 Å². The molecule has 0 aliphatic rings. The molecule has 0 fully saturated rings. The Labute approximate surface area is 203 Å². The minimum absolute atomic E-state index is 0.794. The Hall–Kier alpha value is -0.152. The summed E-state index contributed by atoms with van der Waals surface area (Å²) in [6, 6.07) is 16.0. The third-order valence-electron chi connectivity index (χ3n) is 3.66. The van der Waals surface area contributed by atoms with Crippen LogP contribution in [0.15, 0.2) is 60.9 Å². The molecule has 148 valence electrons. The first-order valence-electron chi connectivity index (χ1n) is 8.02. The molecule has 0 saturated carbocycles. The van der Waals surface area contributed by atoms with E-state index >= 15 is 0 Å². The number of ether oxygens (including phenoxy) is 1. The summed E-state index contributed by atoms with van der Waals surface area (Å²) in [7, 11) is 3.74. The Bertz CT molecular complexity index is 910. The van der Waals surface area contributed by atoms with Crippen molar-refractivity contribution in [1.29, 1.82) is 0 Å². The average molecular weight is 791 g/mol. The number of hydrogen-bond acceptors (Lipinski definition) is 2. The second-order valence-corrected chi connectivity index (χ2v) is 11.3. The van der Waals surface area contributed by atoms with Crippen molar-refractivity contribution >= 4 is 57.3 Å². The molecular weight excluding hydrogens is 771 g/mol. The Kier molecular flexibility index (Phi) is 10.1. The molecule has 8 heteroatoms. The normalized spacial score (nSPS) is 10.5. The van der Waals surface area contributed by atoms with Gasteiger partial charge in [0.2, 0.25) is 0 Å². The van der Waals surface area contributed by atoms with Crippen molar-refractivity contribution in [3.63, 3.8) is 0 Å². The van der Waals surface area contributed by atoms with Crippen LogP contribution in [0.5, 0.6) is 5.75 Å². The first-order chi connectivity index (χ1) is 12.9. The zero-order chi connectivity index (χ0) is 19.8. The van der Waals surface area contributed by atoms with E-state index in [-0.39, 0.29) is 0 Å². The summed E-state index contributed by atoms with van der Waals surface area (Å²) in [6.07, 6.45) is 4.14.